The van der Waals surface area contributed by atoms with Crippen LogP contribution in [0.2, 0.25) is 0 Å². The van der Waals surface area contributed by atoms with Crippen LogP contribution >= 0.6 is 0 Å². The van der Waals surface area contributed by atoms with Crippen LogP contribution in [0.3, 0.4) is 0 Å². The zero-order valence-corrected chi connectivity index (χ0v) is 13.8. The fraction of sp³-hybridized carbons (Fsp3) is 0.421. The molecule has 0 aliphatic carbocycles. The molecule has 2 aromatic rings. The highest BCUT2D eigenvalue weighted by molar-refractivity contribution is 5.59. The predicted octanol–water partition coefficient (Wildman–Crippen LogP) is 3.99. The van der Waals surface area contributed by atoms with Gasteiger partial charge in [0.1, 0.15) is 0 Å². The summed E-state index contributed by atoms with van der Waals surface area (Å²) in [6, 6.07) is 14.4. The highest BCUT2D eigenvalue weighted by Crippen LogP contribution is 2.22. The van der Waals surface area contributed by atoms with E-state index in [1.165, 1.54) is 0 Å². The molecule has 3 heteroatoms. The van der Waals surface area contributed by atoms with Crippen LogP contribution in [0.5, 0.6) is 0 Å². The summed E-state index contributed by atoms with van der Waals surface area (Å²) >= 11 is 0. The summed E-state index contributed by atoms with van der Waals surface area (Å²) in [6.07, 6.45) is 2.01. The van der Waals surface area contributed by atoms with Crippen molar-refractivity contribution >= 4 is 0 Å². The number of rotatable bonds is 7. The standard InChI is InChI=1S/C19H26N2O/c1-4-13-20-14-17-11-12-18(16-9-7-6-8-10-16)21(19(17)22)15(3)5-2/h6-12,15,20H,4-5,13-14H2,1-3H3. The van der Waals surface area contributed by atoms with E-state index in [4.69, 9.17) is 0 Å². The van der Waals surface area contributed by atoms with E-state index >= 15 is 0 Å². The molecule has 1 aromatic carbocycles. The number of nitrogens with zero attached hydrogens (tertiary/aromatic N) is 1. The molecular formula is C19H26N2O. The molecule has 0 radical (unpaired) electrons. The number of nitrogens with one attached hydrogen (secondary N) is 1. The van der Waals surface area contributed by atoms with Crippen molar-refractivity contribution in [3.8, 4) is 11.3 Å². The summed E-state index contributed by atoms with van der Waals surface area (Å²) in [5.74, 6) is 0. The number of pyridine rings is 1. The molecule has 1 heterocycles. The zero-order chi connectivity index (χ0) is 15.9. The SMILES string of the molecule is CCCNCc1ccc(-c2ccccc2)n(C(C)CC)c1=O. The third-order valence-electron chi connectivity index (χ3n) is 4.04. The second-order valence-electron chi connectivity index (χ2n) is 5.72. The average molecular weight is 298 g/mol. The van der Waals surface area contributed by atoms with Crippen molar-refractivity contribution in [3.05, 3.63) is 58.4 Å². The summed E-state index contributed by atoms with van der Waals surface area (Å²) in [5.41, 5.74) is 3.06. The van der Waals surface area contributed by atoms with E-state index in [1.54, 1.807) is 0 Å². The van der Waals surface area contributed by atoms with Gasteiger partial charge in [0.15, 0.2) is 0 Å². The Kier molecular flexibility index (Phi) is 5.96. The quantitative estimate of drug-likeness (QED) is 0.784. The molecule has 22 heavy (non-hydrogen) atoms. The lowest BCUT2D eigenvalue weighted by molar-refractivity contribution is 0.513. The van der Waals surface area contributed by atoms with Gasteiger partial charge >= 0.3 is 0 Å². The van der Waals surface area contributed by atoms with Crippen molar-refractivity contribution in [3.63, 3.8) is 0 Å². The lowest BCUT2D eigenvalue weighted by Gasteiger charge is -2.20. The van der Waals surface area contributed by atoms with E-state index in [9.17, 15) is 4.79 Å². The van der Waals surface area contributed by atoms with Crippen molar-refractivity contribution in [1.29, 1.82) is 0 Å². The Hall–Kier alpha value is -1.87. The van der Waals surface area contributed by atoms with Crippen LogP contribution in [0.1, 0.15) is 45.2 Å². The summed E-state index contributed by atoms with van der Waals surface area (Å²) in [7, 11) is 0. The van der Waals surface area contributed by atoms with Crippen LogP contribution in [0.15, 0.2) is 47.3 Å². The van der Waals surface area contributed by atoms with Crippen molar-refractivity contribution < 1.29 is 0 Å². The number of aromatic nitrogens is 1. The summed E-state index contributed by atoms with van der Waals surface area (Å²) < 4.78 is 1.94. The number of hydrogen-bond donors (Lipinski definition) is 1. The van der Waals surface area contributed by atoms with Gasteiger partial charge < -0.3 is 9.88 Å². The van der Waals surface area contributed by atoms with Gasteiger partial charge in [-0.3, -0.25) is 4.79 Å². The maximum atomic E-state index is 12.9. The highest BCUT2D eigenvalue weighted by atomic mass is 16.1. The van der Waals surface area contributed by atoms with Crippen LogP contribution in [0.4, 0.5) is 0 Å². The molecule has 1 unspecified atom stereocenters. The smallest absolute Gasteiger partial charge is 0.255 e. The van der Waals surface area contributed by atoms with Crippen LogP contribution in [-0.2, 0) is 6.54 Å². The second kappa shape index (κ2) is 7.95. The van der Waals surface area contributed by atoms with Gasteiger partial charge in [0.25, 0.3) is 5.56 Å². The van der Waals surface area contributed by atoms with Crippen molar-refractivity contribution in [2.45, 2.75) is 46.2 Å². The number of hydrogen-bond acceptors (Lipinski definition) is 2. The zero-order valence-electron chi connectivity index (χ0n) is 13.8. The predicted molar refractivity (Wildman–Crippen MR) is 93.1 cm³/mol. The first-order chi connectivity index (χ1) is 10.7. The Bertz CT molecular complexity index is 646. The van der Waals surface area contributed by atoms with Crippen molar-refractivity contribution in [1.82, 2.24) is 9.88 Å². The first-order valence-corrected chi connectivity index (χ1v) is 8.19. The summed E-state index contributed by atoms with van der Waals surface area (Å²) in [4.78, 5) is 12.9. The van der Waals surface area contributed by atoms with Crippen LogP contribution in [0, 0.1) is 0 Å². The maximum absolute atomic E-state index is 12.9. The molecule has 1 aromatic heterocycles. The van der Waals surface area contributed by atoms with Gasteiger partial charge in [-0.2, -0.15) is 0 Å². The van der Waals surface area contributed by atoms with Crippen molar-refractivity contribution in [2.75, 3.05) is 6.54 Å². The molecular weight excluding hydrogens is 272 g/mol. The van der Waals surface area contributed by atoms with E-state index in [0.29, 0.717) is 6.54 Å². The van der Waals surface area contributed by atoms with Crippen LogP contribution < -0.4 is 10.9 Å². The largest absolute Gasteiger partial charge is 0.312 e. The van der Waals surface area contributed by atoms with E-state index in [2.05, 4.69) is 44.3 Å². The van der Waals surface area contributed by atoms with E-state index in [-0.39, 0.29) is 11.6 Å². The molecule has 0 aliphatic heterocycles. The van der Waals surface area contributed by atoms with Crippen LogP contribution in [-0.4, -0.2) is 11.1 Å². The monoisotopic (exact) mass is 298 g/mol. The normalized spacial score (nSPS) is 12.3. The Balaban J connectivity index is 2.47. The van der Waals surface area contributed by atoms with E-state index < -0.39 is 0 Å². The minimum atomic E-state index is 0.124. The molecule has 0 amide bonds. The molecule has 1 N–H and O–H groups in total. The third kappa shape index (κ3) is 3.66. The van der Waals surface area contributed by atoms with Gasteiger partial charge in [-0.15, -0.1) is 0 Å². The first kappa shape index (κ1) is 16.5. The topological polar surface area (TPSA) is 34.0 Å². The molecule has 3 nitrogen and oxygen atoms in total. The first-order valence-electron chi connectivity index (χ1n) is 8.19. The molecule has 0 bridgehead atoms. The fourth-order valence-electron chi connectivity index (χ4n) is 2.59. The molecule has 0 saturated carbocycles. The van der Waals surface area contributed by atoms with Crippen molar-refractivity contribution in [2.24, 2.45) is 0 Å². The fourth-order valence-corrected chi connectivity index (χ4v) is 2.59. The molecule has 0 aliphatic rings. The molecule has 0 saturated heterocycles. The molecule has 0 spiro atoms. The van der Waals surface area contributed by atoms with Gasteiger partial charge in [-0.25, -0.2) is 0 Å². The highest BCUT2D eigenvalue weighted by Gasteiger charge is 2.14. The lowest BCUT2D eigenvalue weighted by atomic mass is 10.1. The minimum Gasteiger partial charge on any atom is -0.312 e. The average Bonchev–Trinajstić information content (AvgIpc) is 2.56. The van der Waals surface area contributed by atoms with Gasteiger partial charge in [-0.1, -0.05) is 50.2 Å². The Morgan fingerprint density at radius 1 is 1.09 bits per heavy atom. The van der Waals surface area contributed by atoms with Gasteiger partial charge in [0.2, 0.25) is 0 Å². The Labute approximate surface area is 133 Å². The third-order valence-corrected chi connectivity index (χ3v) is 4.04. The second-order valence-corrected chi connectivity index (χ2v) is 5.72. The molecule has 0 fully saturated rings. The lowest BCUT2D eigenvalue weighted by Crippen LogP contribution is -2.30. The van der Waals surface area contributed by atoms with Crippen LogP contribution in [0.25, 0.3) is 11.3 Å². The van der Waals surface area contributed by atoms with Gasteiger partial charge in [0.05, 0.1) is 5.69 Å². The summed E-state index contributed by atoms with van der Waals surface area (Å²) in [6.45, 7) is 7.93. The minimum absolute atomic E-state index is 0.124. The molecule has 2 rings (SSSR count). The van der Waals surface area contributed by atoms with Gasteiger partial charge in [0, 0.05) is 18.2 Å². The van der Waals surface area contributed by atoms with Gasteiger partial charge in [-0.05, 0) is 37.9 Å². The Morgan fingerprint density at radius 3 is 2.45 bits per heavy atom. The molecule has 118 valence electrons. The maximum Gasteiger partial charge on any atom is 0.255 e. The van der Waals surface area contributed by atoms with E-state index in [0.717, 1.165) is 36.2 Å². The van der Waals surface area contributed by atoms with E-state index in [1.807, 2.05) is 28.8 Å². The summed E-state index contributed by atoms with van der Waals surface area (Å²) in [5, 5.41) is 3.32. The molecule has 1 atom stereocenters. The number of benzene rings is 1. The Morgan fingerprint density at radius 2 is 1.82 bits per heavy atom.